The van der Waals surface area contributed by atoms with Crippen molar-refractivity contribution in [1.29, 1.82) is 0 Å². The van der Waals surface area contributed by atoms with Crippen LogP contribution < -0.4 is 5.32 Å². The maximum absolute atomic E-state index is 2.75. The normalized spacial score (nSPS) is 17.7. The highest BCUT2D eigenvalue weighted by molar-refractivity contribution is 4.82. The molecule has 1 nitrogen and oxygen atoms in total. The molecule has 1 heteroatoms. The molecule has 2 fully saturated rings. The highest BCUT2D eigenvalue weighted by atomic mass is 14.7. The molecule has 0 unspecified atom stereocenters. The maximum atomic E-state index is 2.75. The third kappa shape index (κ3) is 38.3. The second-order valence-corrected chi connectivity index (χ2v) is 6.89. The number of hydrogen-bond donors (Lipinski definition) is 1. The van der Waals surface area contributed by atoms with Crippen LogP contribution in [0.15, 0.2) is 0 Å². The first-order chi connectivity index (χ1) is 9.74. The van der Waals surface area contributed by atoms with Crippen LogP contribution in [0, 0.1) is 10.8 Å². The Labute approximate surface area is 138 Å². The summed E-state index contributed by atoms with van der Waals surface area (Å²) in [5.74, 6) is 0. The van der Waals surface area contributed by atoms with Crippen LogP contribution in [0.25, 0.3) is 0 Å². The van der Waals surface area contributed by atoms with Gasteiger partial charge < -0.3 is 5.32 Å². The summed E-state index contributed by atoms with van der Waals surface area (Å²) in [6.45, 7) is 21.5. The largest absolute Gasteiger partial charge is 0.323 e. The third-order valence-electron chi connectivity index (χ3n) is 2.96. The lowest BCUT2D eigenvalue weighted by Gasteiger charge is -2.33. The first-order valence-corrected chi connectivity index (χ1v) is 9.33. The zero-order valence-corrected chi connectivity index (χ0v) is 17.7. The van der Waals surface area contributed by atoms with Crippen LogP contribution >= 0.6 is 0 Å². The summed E-state index contributed by atoms with van der Waals surface area (Å²) >= 11 is 0. The lowest BCUT2D eigenvalue weighted by Crippen LogP contribution is -2.20. The Balaban J connectivity index is -0.0000000884. The van der Waals surface area contributed by atoms with E-state index < -0.39 is 0 Å². The molecule has 0 heterocycles. The fraction of sp³-hybridized carbons (Fsp3) is 1.00. The fourth-order valence-corrected chi connectivity index (χ4v) is 1.13. The van der Waals surface area contributed by atoms with Crippen LogP contribution in [0.2, 0.25) is 0 Å². The van der Waals surface area contributed by atoms with Gasteiger partial charge in [0, 0.05) is 0 Å². The van der Waals surface area contributed by atoms with Crippen LogP contribution in [0.5, 0.6) is 0 Å². The molecule has 0 aromatic heterocycles. The van der Waals surface area contributed by atoms with E-state index in [1.165, 1.54) is 38.5 Å². The predicted octanol–water partition coefficient (Wildman–Crippen LogP) is 7.31. The Hall–Kier alpha value is -0.0400. The molecular formula is C20H49N. The van der Waals surface area contributed by atoms with Gasteiger partial charge in [-0.2, -0.15) is 0 Å². The average Bonchev–Trinajstić information content (AvgIpc) is 3.11. The van der Waals surface area contributed by atoms with Gasteiger partial charge in [0.2, 0.25) is 0 Å². The van der Waals surface area contributed by atoms with Gasteiger partial charge in [-0.25, -0.2) is 0 Å². The van der Waals surface area contributed by atoms with E-state index in [4.69, 9.17) is 0 Å². The molecule has 134 valence electrons. The van der Waals surface area contributed by atoms with E-state index in [-0.39, 0.29) is 0 Å². The lowest BCUT2D eigenvalue weighted by atomic mass is 9.72. The minimum absolute atomic E-state index is 0.722. The quantitative estimate of drug-likeness (QED) is 0.494. The van der Waals surface area contributed by atoms with E-state index in [0.29, 0.717) is 0 Å². The third-order valence-corrected chi connectivity index (χ3v) is 2.96. The molecule has 0 radical (unpaired) electrons. The minimum Gasteiger partial charge on any atom is -0.323 e. The summed E-state index contributed by atoms with van der Waals surface area (Å²) < 4.78 is 0. The fourth-order valence-electron chi connectivity index (χ4n) is 1.13. The first-order valence-electron chi connectivity index (χ1n) is 9.33. The SMILES string of the molecule is CC.CC.CC1(C)CC1.CC1(C)CCC1.CCC.CNC. The Kier molecular flexibility index (Phi) is 27.6. The highest BCUT2D eigenvalue weighted by Gasteiger charge is 2.30. The van der Waals surface area contributed by atoms with Crippen LogP contribution in [0.3, 0.4) is 0 Å². The first kappa shape index (κ1) is 29.0. The number of rotatable bonds is 0. The smallest absolute Gasteiger partial charge is 0.0167 e. The Morgan fingerprint density at radius 1 is 0.667 bits per heavy atom. The van der Waals surface area contributed by atoms with Crippen LogP contribution in [-0.4, -0.2) is 14.1 Å². The van der Waals surface area contributed by atoms with Crippen LogP contribution in [-0.2, 0) is 0 Å². The summed E-state index contributed by atoms with van der Waals surface area (Å²) in [6.07, 6.45) is 8.52. The average molecular weight is 304 g/mol. The molecule has 0 spiro atoms. The van der Waals surface area contributed by atoms with Gasteiger partial charge in [-0.3, -0.25) is 0 Å². The van der Waals surface area contributed by atoms with E-state index >= 15 is 0 Å². The van der Waals surface area contributed by atoms with Gasteiger partial charge in [-0.15, -0.1) is 0 Å². The molecule has 2 rings (SSSR count). The van der Waals surface area contributed by atoms with Gasteiger partial charge >= 0.3 is 0 Å². The van der Waals surface area contributed by atoms with Crippen molar-refractivity contribution in [2.45, 2.75) is 108 Å². The predicted molar refractivity (Wildman–Crippen MR) is 104 cm³/mol. The molecule has 2 aliphatic rings. The molecule has 21 heavy (non-hydrogen) atoms. The molecular weight excluding hydrogens is 254 g/mol. The second kappa shape index (κ2) is 20.0. The van der Waals surface area contributed by atoms with Gasteiger partial charge in [0.05, 0.1) is 0 Å². The topological polar surface area (TPSA) is 12.0 Å². The van der Waals surface area contributed by atoms with E-state index in [1.807, 2.05) is 41.8 Å². The summed E-state index contributed by atoms with van der Waals surface area (Å²) in [6, 6.07) is 0. The van der Waals surface area contributed by atoms with E-state index in [9.17, 15) is 0 Å². The second-order valence-electron chi connectivity index (χ2n) is 6.89. The van der Waals surface area contributed by atoms with Crippen LogP contribution in [0.4, 0.5) is 0 Å². The Bertz CT molecular complexity index is 145. The van der Waals surface area contributed by atoms with Crippen molar-refractivity contribution in [3.05, 3.63) is 0 Å². The molecule has 0 atom stereocenters. The van der Waals surface area contributed by atoms with Crippen molar-refractivity contribution in [2.24, 2.45) is 10.8 Å². The molecule has 1 N–H and O–H groups in total. The summed E-state index contributed by atoms with van der Waals surface area (Å²) in [5, 5.41) is 2.75. The van der Waals surface area contributed by atoms with Crippen molar-refractivity contribution in [2.75, 3.05) is 14.1 Å². The molecule has 0 bridgehead atoms. The molecule has 2 saturated carbocycles. The maximum Gasteiger partial charge on any atom is -0.0167 e. The number of nitrogens with one attached hydrogen (secondary N) is 1. The van der Waals surface area contributed by atoms with Gasteiger partial charge in [0.25, 0.3) is 0 Å². The van der Waals surface area contributed by atoms with Crippen molar-refractivity contribution in [1.82, 2.24) is 5.32 Å². The molecule has 0 amide bonds. The standard InChI is InChI=1S/C6H12.C5H10.C3H8.C2H7N.2C2H6/c1-6(2)4-3-5-6;1-5(2)3-4-5;2*1-3-2;2*1-2/h3-5H2,1-2H3;3-4H2,1-2H3;3H2,1-2H3;3H,1-2H3;2*1-2H3. The van der Waals surface area contributed by atoms with Crippen LogP contribution in [0.1, 0.15) is 108 Å². The van der Waals surface area contributed by atoms with Crippen molar-refractivity contribution in [3.63, 3.8) is 0 Å². The zero-order chi connectivity index (χ0) is 17.9. The van der Waals surface area contributed by atoms with Crippen molar-refractivity contribution < 1.29 is 0 Å². The molecule has 0 aromatic rings. The van der Waals surface area contributed by atoms with E-state index in [1.54, 1.807) is 0 Å². The van der Waals surface area contributed by atoms with Crippen molar-refractivity contribution >= 4 is 0 Å². The monoisotopic (exact) mass is 303 g/mol. The highest BCUT2D eigenvalue weighted by Crippen LogP contribution is 2.43. The minimum atomic E-state index is 0.722. The summed E-state index contributed by atoms with van der Waals surface area (Å²) in [7, 11) is 3.75. The molecule has 0 aliphatic heterocycles. The molecule has 0 saturated heterocycles. The van der Waals surface area contributed by atoms with Gasteiger partial charge in [0.15, 0.2) is 0 Å². The van der Waals surface area contributed by atoms with Gasteiger partial charge in [-0.1, -0.05) is 82.1 Å². The van der Waals surface area contributed by atoms with Crippen molar-refractivity contribution in [3.8, 4) is 0 Å². The Morgan fingerprint density at radius 2 is 0.762 bits per heavy atom. The Morgan fingerprint density at radius 3 is 0.762 bits per heavy atom. The number of hydrogen-bond acceptors (Lipinski definition) is 1. The van der Waals surface area contributed by atoms with E-state index in [2.05, 4.69) is 46.9 Å². The van der Waals surface area contributed by atoms with Gasteiger partial charge in [-0.05, 0) is 50.6 Å². The molecule has 0 aromatic carbocycles. The summed E-state index contributed by atoms with van der Waals surface area (Å²) in [5.41, 5.74) is 1.47. The van der Waals surface area contributed by atoms with Gasteiger partial charge in [0.1, 0.15) is 0 Å². The summed E-state index contributed by atoms with van der Waals surface area (Å²) in [4.78, 5) is 0. The lowest BCUT2D eigenvalue weighted by molar-refractivity contribution is 0.190. The molecule has 2 aliphatic carbocycles. The zero-order valence-electron chi connectivity index (χ0n) is 17.7. The van der Waals surface area contributed by atoms with E-state index in [0.717, 1.165) is 10.8 Å².